The Kier molecular flexibility index (Phi) is 7.65. The number of benzene rings is 11. The lowest BCUT2D eigenvalue weighted by Gasteiger charge is -2.38. The maximum atomic E-state index is 2.51. The van der Waals surface area contributed by atoms with E-state index in [1.807, 2.05) is 0 Å². The molecule has 0 saturated heterocycles. The summed E-state index contributed by atoms with van der Waals surface area (Å²) in [5.41, 5.74) is 13.3. The summed E-state index contributed by atoms with van der Waals surface area (Å²) >= 11 is 0. The number of hydrogen-bond acceptors (Lipinski definition) is 1. The molecule has 0 atom stereocenters. The van der Waals surface area contributed by atoms with Crippen LogP contribution in [0, 0.1) is 0 Å². The van der Waals surface area contributed by atoms with Gasteiger partial charge in [-0.3, -0.25) is 0 Å². The molecule has 1 aliphatic carbocycles. The van der Waals surface area contributed by atoms with Crippen LogP contribution in [-0.4, -0.2) is 0 Å². The second-order valence-corrected chi connectivity index (χ2v) is 16.8. The smallest absolute Gasteiger partial charge is 0.0546 e. The number of anilines is 3. The SMILES string of the molecule is CC1(C)c2ccc(-c3cccc4ccccc34)cc2-c2c(N(c3ccc(-c4ccccc4)cc3)c3ccc4c5ccccc5c5ccccc5c4c3)ccc3cccc1c23. The first-order valence-electron chi connectivity index (χ1n) is 21.0. The minimum Gasteiger partial charge on any atom is -0.310 e. The van der Waals surface area contributed by atoms with Crippen LogP contribution in [0.4, 0.5) is 17.1 Å². The van der Waals surface area contributed by atoms with Crippen molar-refractivity contribution in [3.63, 3.8) is 0 Å². The molecule has 0 amide bonds. The summed E-state index contributed by atoms with van der Waals surface area (Å²) in [6.45, 7) is 4.79. The average molecular weight is 764 g/mol. The summed E-state index contributed by atoms with van der Waals surface area (Å²) in [6, 6.07) is 78.9. The molecule has 0 bridgehead atoms. The first kappa shape index (κ1) is 34.6. The fraction of sp³-hybridized carbons (Fsp3) is 0.0508. The van der Waals surface area contributed by atoms with Gasteiger partial charge in [-0.2, -0.15) is 0 Å². The molecule has 1 aliphatic rings. The van der Waals surface area contributed by atoms with E-state index in [0.29, 0.717) is 0 Å². The van der Waals surface area contributed by atoms with Crippen LogP contribution in [-0.2, 0) is 5.41 Å². The van der Waals surface area contributed by atoms with Gasteiger partial charge in [0, 0.05) is 22.4 Å². The van der Waals surface area contributed by atoms with Crippen molar-refractivity contribution in [3.8, 4) is 33.4 Å². The summed E-state index contributed by atoms with van der Waals surface area (Å²) in [5.74, 6) is 0. The molecule has 12 rings (SSSR count). The van der Waals surface area contributed by atoms with E-state index in [0.717, 1.165) is 11.4 Å². The monoisotopic (exact) mass is 763 g/mol. The molecule has 0 aliphatic heterocycles. The van der Waals surface area contributed by atoms with Crippen LogP contribution in [0.3, 0.4) is 0 Å². The van der Waals surface area contributed by atoms with Crippen LogP contribution >= 0.6 is 0 Å². The summed E-state index contributed by atoms with van der Waals surface area (Å²) < 4.78 is 0. The topological polar surface area (TPSA) is 3.24 Å². The highest BCUT2D eigenvalue weighted by atomic mass is 15.1. The molecular formula is C59H41N. The summed E-state index contributed by atoms with van der Waals surface area (Å²) in [6.07, 6.45) is 0. The van der Waals surface area contributed by atoms with Crippen molar-refractivity contribution in [2.75, 3.05) is 4.90 Å². The molecule has 0 radical (unpaired) electrons. The number of hydrogen-bond donors (Lipinski definition) is 0. The molecule has 1 heteroatoms. The van der Waals surface area contributed by atoms with Gasteiger partial charge >= 0.3 is 0 Å². The Morgan fingerprint density at radius 1 is 0.333 bits per heavy atom. The quantitative estimate of drug-likeness (QED) is 0.158. The lowest BCUT2D eigenvalue weighted by molar-refractivity contribution is 0.645. The molecule has 11 aromatic rings. The summed E-state index contributed by atoms with van der Waals surface area (Å²) in [7, 11) is 0. The minimum absolute atomic E-state index is 0.206. The Labute approximate surface area is 350 Å². The molecule has 11 aromatic carbocycles. The Morgan fingerprint density at radius 2 is 0.900 bits per heavy atom. The van der Waals surface area contributed by atoms with E-state index in [4.69, 9.17) is 0 Å². The van der Waals surface area contributed by atoms with Crippen molar-refractivity contribution in [2.24, 2.45) is 0 Å². The largest absolute Gasteiger partial charge is 0.310 e. The van der Waals surface area contributed by atoms with E-state index < -0.39 is 0 Å². The maximum Gasteiger partial charge on any atom is 0.0546 e. The predicted octanol–water partition coefficient (Wildman–Crippen LogP) is 16.6. The van der Waals surface area contributed by atoms with Gasteiger partial charge in [-0.1, -0.05) is 190 Å². The van der Waals surface area contributed by atoms with Crippen molar-refractivity contribution in [1.82, 2.24) is 0 Å². The lowest BCUT2D eigenvalue weighted by Crippen LogP contribution is -2.24. The zero-order valence-corrected chi connectivity index (χ0v) is 33.7. The molecule has 0 saturated carbocycles. The van der Waals surface area contributed by atoms with E-state index in [2.05, 4.69) is 231 Å². The minimum atomic E-state index is -0.206. The van der Waals surface area contributed by atoms with E-state index in [-0.39, 0.29) is 5.41 Å². The highest BCUT2D eigenvalue weighted by Crippen LogP contribution is 2.55. The summed E-state index contributed by atoms with van der Waals surface area (Å²) in [5, 5.41) is 12.7. The van der Waals surface area contributed by atoms with Crippen molar-refractivity contribution >= 4 is 70.9 Å². The molecule has 282 valence electrons. The number of fused-ring (bicyclic) bond motifs is 9. The van der Waals surface area contributed by atoms with Gasteiger partial charge in [-0.25, -0.2) is 0 Å². The molecule has 0 aromatic heterocycles. The maximum absolute atomic E-state index is 2.51. The third-order valence-electron chi connectivity index (χ3n) is 13.2. The standard InChI is InChI=1S/C59H41N/c1-59(2)54-34-28-42(46-24-12-17-40-16-6-7-19-45(40)46)36-53(54)58-56(35-29-41-18-13-25-55(59)57(41)58)60(43-30-26-39(27-31-43)38-14-4-3-5-15-38)44-32-33-51-49-22-9-8-20-47(49)48-21-10-11-23-50(48)52(51)37-44/h3-37H,1-2H3. The Hall–Kier alpha value is -7.48. The van der Waals surface area contributed by atoms with Crippen molar-refractivity contribution in [3.05, 3.63) is 223 Å². The summed E-state index contributed by atoms with van der Waals surface area (Å²) in [4.78, 5) is 2.51. The van der Waals surface area contributed by atoms with Crippen molar-refractivity contribution in [1.29, 1.82) is 0 Å². The van der Waals surface area contributed by atoms with Crippen LogP contribution in [0.2, 0.25) is 0 Å². The van der Waals surface area contributed by atoms with Gasteiger partial charge < -0.3 is 4.90 Å². The molecule has 1 nitrogen and oxygen atoms in total. The van der Waals surface area contributed by atoms with Crippen LogP contribution in [0.5, 0.6) is 0 Å². The van der Waals surface area contributed by atoms with E-state index in [1.165, 1.54) is 104 Å². The van der Waals surface area contributed by atoms with E-state index in [1.54, 1.807) is 0 Å². The van der Waals surface area contributed by atoms with Crippen LogP contribution < -0.4 is 4.90 Å². The molecule has 0 unspecified atom stereocenters. The van der Waals surface area contributed by atoms with Gasteiger partial charge in [0.05, 0.1) is 5.69 Å². The fourth-order valence-corrected chi connectivity index (χ4v) is 10.3. The highest BCUT2D eigenvalue weighted by Gasteiger charge is 2.36. The van der Waals surface area contributed by atoms with Crippen LogP contribution in [0.15, 0.2) is 212 Å². The second kappa shape index (κ2) is 13.3. The van der Waals surface area contributed by atoms with E-state index in [9.17, 15) is 0 Å². The Balaban J connectivity index is 1.16. The molecule has 0 heterocycles. The third kappa shape index (κ3) is 5.19. The van der Waals surface area contributed by atoms with Crippen LogP contribution in [0.25, 0.3) is 87.2 Å². The molecule has 0 spiro atoms. The molecular weight excluding hydrogens is 723 g/mol. The van der Waals surface area contributed by atoms with E-state index >= 15 is 0 Å². The lowest BCUT2D eigenvalue weighted by atomic mass is 9.67. The van der Waals surface area contributed by atoms with Crippen LogP contribution in [0.1, 0.15) is 25.0 Å². The van der Waals surface area contributed by atoms with Gasteiger partial charge in [0.15, 0.2) is 0 Å². The fourth-order valence-electron chi connectivity index (χ4n) is 10.3. The first-order valence-corrected chi connectivity index (χ1v) is 21.0. The Bertz CT molecular complexity index is 3460. The normalized spacial score (nSPS) is 13.0. The van der Waals surface area contributed by atoms with Gasteiger partial charge in [-0.15, -0.1) is 0 Å². The zero-order valence-electron chi connectivity index (χ0n) is 33.7. The zero-order chi connectivity index (χ0) is 40.0. The molecule has 0 N–H and O–H groups in total. The Morgan fingerprint density at radius 3 is 1.65 bits per heavy atom. The average Bonchev–Trinajstić information content (AvgIpc) is 3.31. The predicted molar refractivity (Wildman–Crippen MR) is 257 cm³/mol. The molecule has 60 heavy (non-hydrogen) atoms. The van der Waals surface area contributed by atoms with Gasteiger partial charge in [0.25, 0.3) is 0 Å². The van der Waals surface area contributed by atoms with Crippen molar-refractivity contribution < 1.29 is 0 Å². The van der Waals surface area contributed by atoms with Gasteiger partial charge in [-0.05, 0) is 129 Å². The second-order valence-electron chi connectivity index (χ2n) is 16.8. The van der Waals surface area contributed by atoms with Gasteiger partial charge in [0.1, 0.15) is 0 Å². The highest BCUT2D eigenvalue weighted by molar-refractivity contribution is 6.26. The number of nitrogens with zero attached hydrogens (tertiary/aromatic N) is 1. The van der Waals surface area contributed by atoms with Gasteiger partial charge in [0.2, 0.25) is 0 Å². The first-order chi connectivity index (χ1) is 29.5. The molecule has 0 fully saturated rings. The number of rotatable bonds is 5. The third-order valence-corrected chi connectivity index (χ3v) is 13.2. The van der Waals surface area contributed by atoms with Crippen molar-refractivity contribution in [2.45, 2.75) is 19.3 Å².